The Balaban J connectivity index is 2.50. The molecule has 0 radical (unpaired) electrons. The number of rotatable bonds is 2. The van der Waals surface area contributed by atoms with E-state index in [2.05, 4.69) is 4.74 Å². The van der Waals surface area contributed by atoms with Crippen LogP contribution in [0, 0.1) is 0 Å². The summed E-state index contributed by atoms with van der Waals surface area (Å²) in [4.78, 5) is 11.5. The molecule has 0 aliphatic carbocycles. The normalized spacial score (nSPS) is 17.8. The average Bonchev–Trinajstić information content (AvgIpc) is 2.68. The van der Waals surface area contributed by atoms with Crippen molar-refractivity contribution in [2.75, 3.05) is 23.7 Å². The maximum absolute atomic E-state index is 11.8. The van der Waals surface area contributed by atoms with Crippen LogP contribution in [0.15, 0.2) is 18.2 Å². The maximum atomic E-state index is 11.8. The summed E-state index contributed by atoms with van der Waals surface area (Å²) in [5, 5.41) is 0.106. The smallest absolute Gasteiger partial charge is 0.339 e. The second kappa shape index (κ2) is 4.78. The molecular formula is C11H12ClNO4S. The molecule has 1 saturated heterocycles. The van der Waals surface area contributed by atoms with Crippen molar-refractivity contribution in [3.63, 3.8) is 0 Å². The SMILES string of the molecule is COC(=O)c1cccc(N2CCCS2(=O)=O)c1Cl. The second-order valence-electron chi connectivity index (χ2n) is 3.87. The summed E-state index contributed by atoms with van der Waals surface area (Å²) in [7, 11) is -2.07. The molecular weight excluding hydrogens is 278 g/mol. The van der Waals surface area contributed by atoms with Crippen LogP contribution < -0.4 is 4.31 Å². The van der Waals surface area contributed by atoms with Crippen LogP contribution in [0.1, 0.15) is 16.8 Å². The number of hydrogen-bond donors (Lipinski definition) is 0. The van der Waals surface area contributed by atoms with Gasteiger partial charge < -0.3 is 4.74 Å². The van der Waals surface area contributed by atoms with Crippen LogP contribution in [0.3, 0.4) is 0 Å². The monoisotopic (exact) mass is 289 g/mol. The number of carbonyl (C=O) groups excluding carboxylic acids is 1. The first-order valence-corrected chi connectivity index (χ1v) is 7.33. The van der Waals surface area contributed by atoms with Crippen molar-refractivity contribution in [3.05, 3.63) is 28.8 Å². The van der Waals surface area contributed by atoms with E-state index in [0.29, 0.717) is 18.7 Å². The van der Waals surface area contributed by atoms with Gasteiger partial charge >= 0.3 is 5.97 Å². The predicted molar refractivity (Wildman–Crippen MR) is 68.5 cm³/mol. The van der Waals surface area contributed by atoms with E-state index in [0.717, 1.165) is 0 Å². The number of halogens is 1. The average molecular weight is 290 g/mol. The minimum atomic E-state index is -3.32. The fraction of sp³-hybridized carbons (Fsp3) is 0.364. The van der Waals surface area contributed by atoms with Gasteiger partial charge in [0, 0.05) is 6.54 Å². The minimum Gasteiger partial charge on any atom is -0.465 e. The molecule has 98 valence electrons. The number of esters is 1. The van der Waals surface area contributed by atoms with Crippen molar-refractivity contribution in [1.29, 1.82) is 0 Å². The zero-order chi connectivity index (χ0) is 13.3. The third-order valence-corrected chi connectivity index (χ3v) is 5.00. The van der Waals surface area contributed by atoms with Gasteiger partial charge in [-0.15, -0.1) is 0 Å². The Labute approximate surface area is 110 Å². The van der Waals surface area contributed by atoms with Crippen LogP contribution in [-0.2, 0) is 14.8 Å². The van der Waals surface area contributed by atoms with E-state index in [9.17, 15) is 13.2 Å². The van der Waals surface area contributed by atoms with Gasteiger partial charge in [0.25, 0.3) is 0 Å². The largest absolute Gasteiger partial charge is 0.465 e. The summed E-state index contributed by atoms with van der Waals surface area (Å²) in [6.07, 6.45) is 0.557. The van der Waals surface area contributed by atoms with Crippen molar-refractivity contribution < 1.29 is 17.9 Å². The lowest BCUT2D eigenvalue weighted by Gasteiger charge is -2.19. The molecule has 0 N–H and O–H groups in total. The molecule has 0 aromatic heterocycles. The number of anilines is 1. The first kappa shape index (κ1) is 13.2. The molecule has 2 rings (SSSR count). The Kier molecular flexibility index (Phi) is 3.49. The van der Waals surface area contributed by atoms with Gasteiger partial charge in [0.2, 0.25) is 10.0 Å². The summed E-state index contributed by atoms with van der Waals surface area (Å²) >= 11 is 6.08. The molecule has 7 heteroatoms. The molecule has 18 heavy (non-hydrogen) atoms. The molecule has 1 heterocycles. The molecule has 1 aromatic rings. The standard InChI is InChI=1S/C11H12ClNO4S/c1-17-11(14)8-4-2-5-9(10(8)12)13-6-3-7-18(13,15)16/h2,4-5H,3,6-7H2,1H3. The zero-order valence-corrected chi connectivity index (χ0v) is 11.3. The van der Waals surface area contributed by atoms with E-state index >= 15 is 0 Å². The van der Waals surface area contributed by atoms with Gasteiger partial charge in [0.1, 0.15) is 0 Å². The Morgan fingerprint density at radius 2 is 2.17 bits per heavy atom. The predicted octanol–water partition coefficient (Wildman–Crippen LogP) is 1.67. The summed E-state index contributed by atoms with van der Waals surface area (Å²) in [6, 6.07) is 4.67. The van der Waals surface area contributed by atoms with Crippen molar-refractivity contribution in [3.8, 4) is 0 Å². The number of ether oxygens (including phenoxy) is 1. The highest BCUT2D eigenvalue weighted by atomic mass is 35.5. The molecule has 0 amide bonds. The molecule has 1 aliphatic heterocycles. The number of hydrogen-bond acceptors (Lipinski definition) is 4. The molecule has 0 bridgehead atoms. The summed E-state index contributed by atoms with van der Waals surface area (Å²) in [5.41, 5.74) is 0.496. The molecule has 0 unspecified atom stereocenters. The van der Waals surface area contributed by atoms with Crippen LogP contribution >= 0.6 is 11.6 Å². The molecule has 1 fully saturated rings. The van der Waals surface area contributed by atoms with Crippen LogP contribution in [0.25, 0.3) is 0 Å². The van der Waals surface area contributed by atoms with Crippen LogP contribution in [0.2, 0.25) is 5.02 Å². The van der Waals surface area contributed by atoms with Gasteiger partial charge in [-0.2, -0.15) is 0 Å². The lowest BCUT2D eigenvalue weighted by molar-refractivity contribution is 0.0601. The summed E-state index contributed by atoms with van der Waals surface area (Å²) in [6.45, 7) is 0.382. The Morgan fingerprint density at radius 3 is 2.72 bits per heavy atom. The lowest BCUT2D eigenvalue weighted by Crippen LogP contribution is -2.25. The summed E-state index contributed by atoms with van der Waals surface area (Å²) < 4.78 is 29.5. The number of nitrogens with zero attached hydrogens (tertiary/aromatic N) is 1. The number of benzene rings is 1. The van der Waals surface area contributed by atoms with Crippen LogP contribution in [-0.4, -0.2) is 33.8 Å². The highest BCUT2D eigenvalue weighted by Gasteiger charge is 2.31. The molecule has 1 aromatic carbocycles. The lowest BCUT2D eigenvalue weighted by atomic mass is 10.2. The zero-order valence-electron chi connectivity index (χ0n) is 9.72. The van der Waals surface area contributed by atoms with Gasteiger partial charge in [-0.3, -0.25) is 4.31 Å². The molecule has 0 atom stereocenters. The maximum Gasteiger partial charge on any atom is 0.339 e. The van der Waals surface area contributed by atoms with E-state index in [4.69, 9.17) is 11.6 Å². The number of methoxy groups -OCH3 is 1. The van der Waals surface area contributed by atoms with Gasteiger partial charge in [-0.25, -0.2) is 13.2 Å². The molecule has 0 spiro atoms. The van der Waals surface area contributed by atoms with Gasteiger partial charge in [0.15, 0.2) is 0 Å². The first-order chi connectivity index (χ1) is 8.47. The van der Waals surface area contributed by atoms with Crippen LogP contribution in [0.5, 0.6) is 0 Å². The summed E-state index contributed by atoms with van der Waals surface area (Å²) in [5.74, 6) is -0.482. The fourth-order valence-electron chi connectivity index (χ4n) is 1.89. The van der Waals surface area contributed by atoms with E-state index in [1.807, 2.05) is 0 Å². The topological polar surface area (TPSA) is 63.7 Å². The van der Waals surface area contributed by atoms with E-state index in [-0.39, 0.29) is 16.3 Å². The molecule has 1 aliphatic rings. The highest BCUT2D eigenvalue weighted by molar-refractivity contribution is 7.93. The molecule has 0 saturated carbocycles. The van der Waals surface area contributed by atoms with E-state index in [1.165, 1.54) is 17.5 Å². The van der Waals surface area contributed by atoms with Crippen LogP contribution in [0.4, 0.5) is 5.69 Å². The second-order valence-corrected chi connectivity index (χ2v) is 6.26. The minimum absolute atomic E-state index is 0.103. The molecule has 5 nitrogen and oxygen atoms in total. The fourth-order valence-corrected chi connectivity index (χ4v) is 3.82. The quantitative estimate of drug-likeness (QED) is 0.777. The third-order valence-electron chi connectivity index (χ3n) is 2.75. The van der Waals surface area contributed by atoms with Crippen molar-refractivity contribution in [1.82, 2.24) is 0 Å². The van der Waals surface area contributed by atoms with Crippen molar-refractivity contribution >= 4 is 33.3 Å². The van der Waals surface area contributed by atoms with Crippen molar-refractivity contribution in [2.45, 2.75) is 6.42 Å². The third kappa shape index (κ3) is 2.18. The van der Waals surface area contributed by atoms with Gasteiger partial charge in [-0.05, 0) is 18.6 Å². The Bertz CT molecular complexity index is 585. The van der Waals surface area contributed by atoms with Gasteiger partial charge in [0.05, 0.1) is 29.1 Å². The highest BCUT2D eigenvalue weighted by Crippen LogP contribution is 2.33. The Morgan fingerprint density at radius 1 is 1.44 bits per heavy atom. The van der Waals surface area contributed by atoms with Crippen molar-refractivity contribution in [2.24, 2.45) is 0 Å². The number of carbonyl (C=O) groups is 1. The Hall–Kier alpha value is -1.27. The van der Waals surface area contributed by atoms with E-state index < -0.39 is 16.0 Å². The van der Waals surface area contributed by atoms with Gasteiger partial charge in [-0.1, -0.05) is 17.7 Å². The van der Waals surface area contributed by atoms with E-state index in [1.54, 1.807) is 12.1 Å². The first-order valence-electron chi connectivity index (χ1n) is 5.34. The number of sulfonamides is 1.